The van der Waals surface area contributed by atoms with E-state index in [4.69, 9.17) is 4.42 Å². The zero-order valence-corrected chi connectivity index (χ0v) is 16.4. The average molecular weight is 412 g/mol. The minimum atomic E-state index is -3.78. The van der Waals surface area contributed by atoms with Crippen LogP contribution < -0.4 is 5.32 Å². The first-order chi connectivity index (χ1) is 14.1. The molecule has 0 saturated carbocycles. The zero-order chi connectivity index (χ0) is 20.3. The van der Waals surface area contributed by atoms with E-state index in [1.54, 1.807) is 18.2 Å². The number of hydrogen-bond acceptors (Lipinski definition) is 6. The molecule has 150 valence electrons. The molecule has 0 bridgehead atoms. The third-order valence-corrected chi connectivity index (χ3v) is 6.70. The number of sulfonamides is 1. The third-order valence-electron chi connectivity index (χ3n) is 4.78. The normalized spacial score (nSPS) is 17.7. The van der Waals surface area contributed by atoms with Gasteiger partial charge in [-0.15, -0.1) is 5.10 Å². The second kappa shape index (κ2) is 8.14. The maximum atomic E-state index is 13.0. The van der Waals surface area contributed by atoms with Crippen LogP contribution in [0, 0.1) is 0 Å². The first kappa shape index (κ1) is 19.3. The quantitative estimate of drug-likeness (QED) is 0.691. The molecule has 0 radical (unpaired) electrons. The molecule has 1 atom stereocenters. The summed E-state index contributed by atoms with van der Waals surface area (Å²) in [6.45, 7) is 0.286. The standard InChI is InChI=1S/C20H20N4O4S/c25-18(21-20-23-22-19(28-20)15-9-3-1-4-10-15)17-13-7-8-14-24(17)29(26,27)16-11-5-2-6-12-16/h1-6,9-12,17H,7-8,13-14H2,(H,21,23,25). The van der Waals surface area contributed by atoms with Gasteiger partial charge in [0.05, 0.1) is 4.90 Å². The molecular weight excluding hydrogens is 392 g/mol. The van der Waals surface area contributed by atoms with Crippen molar-refractivity contribution in [2.45, 2.75) is 30.2 Å². The van der Waals surface area contributed by atoms with E-state index in [9.17, 15) is 13.2 Å². The molecule has 3 aromatic rings. The monoisotopic (exact) mass is 412 g/mol. The molecule has 0 spiro atoms. The van der Waals surface area contributed by atoms with Crippen LogP contribution in [0.25, 0.3) is 11.5 Å². The number of nitrogens with zero attached hydrogens (tertiary/aromatic N) is 3. The first-order valence-electron chi connectivity index (χ1n) is 9.32. The van der Waals surface area contributed by atoms with Crippen molar-refractivity contribution in [1.82, 2.24) is 14.5 Å². The predicted octanol–water partition coefficient (Wildman–Crippen LogP) is 2.92. The van der Waals surface area contributed by atoms with Crippen LogP contribution in [-0.2, 0) is 14.8 Å². The van der Waals surface area contributed by atoms with Gasteiger partial charge in [0.2, 0.25) is 21.8 Å². The topological polar surface area (TPSA) is 105 Å². The lowest BCUT2D eigenvalue weighted by Crippen LogP contribution is -2.49. The fourth-order valence-corrected chi connectivity index (χ4v) is 5.02. The molecule has 9 heteroatoms. The van der Waals surface area contributed by atoms with Crippen LogP contribution in [0.4, 0.5) is 6.01 Å². The summed E-state index contributed by atoms with van der Waals surface area (Å²) in [5.74, 6) is -0.203. The molecule has 1 aliphatic rings. The summed E-state index contributed by atoms with van der Waals surface area (Å²) in [6, 6.07) is 16.4. The first-order valence-corrected chi connectivity index (χ1v) is 10.8. The molecule has 4 rings (SSSR count). The molecule has 1 fully saturated rings. The summed E-state index contributed by atoms with van der Waals surface area (Å²) in [6.07, 6.45) is 1.89. The summed E-state index contributed by atoms with van der Waals surface area (Å²) < 4.78 is 32.9. The van der Waals surface area contributed by atoms with E-state index in [0.717, 1.165) is 12.0 Å². The van der Waals surface area contributed by atoms with E-state index in [0.29, 0.717) is 12.8 Å². The fourth-order valence-electron chi connectivity index (χ4n) is 3.34. The number of carbonyl (C=O) groups excluding carboxylic acids is 1. The maximum Gasteiger partial charge on any atom is 0.322 e. The Bertz CT molecular complexity index is 1080. The molecule has 8 nitrogen and oxygen atoms in total. The number of piperidine rings is 1. The Morgan fingerprint density at radius 2 is 1.69 bits per heavy atom. The van der Waals surface area contributed by atoms with Crippen LogP contribution in [0.1, 0.15) is 19.3 Å². The highest BCUT2D eigenvalue weighted by molar-refractivity contribution is 7.89. The van der Waals surface area contributed by atoms with Crippen LogP contribution in [0.15, 0.2) is 70.0 Å². The van der Waals surface area contributed by atoms with Gasteiger partial charge in [-0.25, -0.2) is 8.42 Å². The third kappa shape index (κ3) is 4.06. The summed E-state index contributed by atoms with van der Waals surface area (Å²) >= 11 is 0. The molecule has 29 heavy (non-hydrogen) atoms. The van der Waals surface area contributed by atoms with E-state index in [2.05, 4.69) is 15.5 Å². The van der Waals surface area contributed by atoms with E-state index in [1.807, 2.05) is 30.3 Å². The number of benzene rings is 2. The van der Waals surface area contributed by atoms with Gasteiger partial charge in [0.15, 0.2) is 0 Å². The van der Waals surface area contributed by atoms with Gasteiger partial charge < -0.3 is 4.42 Å². The van der Waals surface area contributed by atoms with Crippen molar-refractivity contribution < 1.29 is 17.6 Å². The largest absolute Gasteiger partial charge is 0.403 e. The molecule has 2 aromatic carbocycles. The molecule has 1 aromatic heterocycles. The van der Waals surface area contributed by atoms with E-state index in [1.165, 1.54) is 16.4 Å². The van der Waals surface area contributed by atoms with Crippen LogP contribution in [0.3, 0.4) is 0 Å². The molecular formula is C20H20N4O4S. The van der Waals surface area contributed by atoms with Gasteiger partial charge in [0.1, 0.15) is 6.04 Å². The number of nitrogens with one attached hydrogen (secondary N) is 1. The van der Waals surface area contributed by atoms with Gasteiger partial charge >= 0.3 is 6.01 Å². The Morgan fingerprint density at radius 1 is 1.00 bits per heavy atom. The second-order valence-corrected chi connectivity index (χ2v) is 8.60. The van der Waals surface area contributed by atoms with Gasteiger partial charge in [-0.2, -0.15) is 4.31 Å². The number of rotatable bonds is 5. The predicted molar refractivity (Wildman–Crippen MR) is 106 cm³/mol. The molecule has 0 aliphatic carbocycles. The molecule has 1 N–H and O–H groups in total. The minimum Gasteiger partial charge on any atom is -0.403 e. The van der Waals surface area contributed by atoms with Crippen molar-refractivity contribution in [3.05, 3.63) is 60.7 Å². The number of aromatic nitrogens is 2. The summed E-state index contributed by atoms with van der Waals surface area (Å²) in [5, 5.41) is 10.4. The molecule has 1 amide bonds. The Balaban J connectivity index is 1.53. The highest BCUT2D eigenvalue weighted by atomic mass is 32.2. The van der Waals surface area contributed by atoms with Crippen molar-refractivity contribution in [3.63, 3.8) is 0 Å². The van der Waals surface area contributed by atoms with Crippen molar-refractivity contribution >= 4 is 21.9 Å². The minimum absolute atomic E-state index is 0.0588. The lowest BCUT2D eigenvalue weighted by Gasteiger charge is -2.33. The van der Waals surface area contributed by atoms with Crippen LogP contribution in [-0.4, -0.2) is 41.4 Å². The lowest BCUT2D eigenvalue weighted by atomic mass is 10.0. The van der Waals surface area contributed by atoms with Gasteiger partial charge in [-0.3, -0.25) is 10.1 Å². The lowest BCUT2D eigenvalue weighted by molar-refractivity contribution is -0.120. The number of carbonyl (C=O) groups is 1. The summed E-state index contributed by atoms with van der Waals surface area (Å²) in [7, 11) is -3.78. The Kier molecular flexibility index (Phi) is 5.41. The van der Waals surface area contributed by atoms with E-state index in [-0.39, 0.29) is 23.3 Å². The van der Waals surface area contributed by atoms with Crippen molar-refractivity contribution in [3.8, 4) is 11.5 Å². The zero-order valence-electron chi connectivity index (χ0n) is 15.6. The number of hydrogen-bond donors (Lipinski definition) is 1. The Morgan fingerprint density at radius 3 is 2.41 bits per heavy atom. The molecule has 1 aliphatic heterocycles. The number of anilines is 1. The fraction of sp³-hybridized carbons (Fsp3) is 0.250. The van der Waals surface area contributed by atoms with Crippen LogP contribution in [0.5, 0.6) is 0 Å². The summed E-state index contributed by atoms with van der Waals surface area (Å²) in [5.41, 5.74) is 0.728. The van der Waals surface area contributed by atoms with Crippen molar-refractivity contribution in [2.24, 2.45) is 0 Å². The Labute approximate surface area is 168 Å². The van der Waals surface area contributed by atoms with Crippen LogP contribution >= 0.6 is 0 Å². The SMILES string of the molecule is O=C(Nc1nnc(-c2ccccc2)o1)C1CCCCN1S(=O)(=O)c1ccccc1. The maximum absolute atomic E-state index is 13.0. The smallest absolute Gasteiger partial charge is 0.322 e. The summed E-state index contributed by atoms with van der Waals surface area (Å²) in [4.78, 5) is 13.0. The van der Waals surface area contributed by atoms with Gasteiger partial charge in [-0.05, 0) is 37.1 Å². The van der Waals surface area contributed by atoms with Gasteiger partial charge in [0, 0.05) is 12.1 Å². The van der Waals surface area contributed by atoms with E-state index < -0.39 is 22.0 Å². The van der Waals surface area contributed by atoms with Crippen molar-refractivity contribution in [2.75, 3.05) is 11.9 Å². The molecule has 2 heterocycles. The van der Waals surface area contributed by atoms with Crippen molar-refractivity contribution in [1.29, 1.82) is 0 Å². The van der Waals surface area contributed by atoms with Crippen LogP contribution in [0.2, 0.25) is 0 Å². The van der Waals surface area contributed by atoms with Gasteiger partial charge in [-0.1, -0.05) is 47.9 Å². The Hall–Kier alpha value is -3.04. The second-order valence-electron chi connectivity index (χ2n) is 6.71. The molecule has 1 unspecified atom stereocenters. The number of amides is 1. The highest BCUT2D eigenvalue weighted by Gasteiger charge is 2.38. The average Bonchev–Trinajstić information content (AvgIpc) is 3.23. The van der Waals surface area contributed by atoms with Gasteiger partial charge in [0.25, 0.3) is 0 Å². The molecule has 1 saturated heterocycles. The van der Waals surface area contributed by atoms with E-state index >= 15 is 0 Å². The highest BCUT2D eigenvalue weighted by Crippen LogP contribution is 2.26.